The first-order valence-electron chi connectivity index (χ1n) is 9.51. The Bertz CT molecular complexity index is 349. The fraction of sp³-hybridized carbons (Fsp3) is 0.478. The van der Waals surface area contributed by atoms with Crippen LogP contribution in [0.1, 0.15) is 85.8 Å². The molecule has 0 saturated heterocycles. The molecule has 0 aromatic heterocycles. The Morgan fingerprint density at radius 2 is 0.783 bits per heavy atom. The second-order valence-corrected chi connectivity index (χ2v) is 3.78. The van der Waals surface area contributed by atoms with Gasteiger partial charge in [0.25, 0.3) is 0 Å². The summed E-state index contributed by atoms with van der Waals surface area (Å²) >= 11 is 0. The van der Waals surface area contributed by atoms with Crippen molar-refractivity contribution in [1.82, 2.24) is 0 Å². The zero-order chi connectivity index (χ0) is 18.5. The third kappa shape index (κ3) is 11.6. The van der Waals surface area contributed by atoms with E-state index in [1.54, 1.807) is 0 Å². The van der Waals surface area contributed by atoms with E-state index in [9.17, 15) is 0 Å². The van der Waals surface area contributed by atoms with Gasteiger partial charge in [-0.05, 0) is 17.5 Å². The van der Waals surface area contributed by atoms with Crippen LogP contribution in [0.2, 0.25) is 0 Å². The molecule has 0 aliphatic heterocycles. The van der Waals surface area contributed by atoms with E-state index < -0.39 is 0 Å². The highest BCUT2D eigenvalue weighted by Crippen LogP contribution is 2.26. The molecule has 0 heteroatoms. The lowest BCUT2D eigenvalue weighted by Gasteiger charge is -2.15. The molecule has 0 aliphatic rings. The van der Waals surface area contributed by atoms with Crippen molar-refractivity contribution >= 4 is 0 Å². The molecule has 0 saturated carbocycles. The zero-order valence-corrected chi connectivity index (χ0v) is 17.1. The molecule has 0 unspecified atom stereocenters. The Kier molecular flexibility index (Phi) is 26.0. The summed E-state index contributed by atoms with van der Waals surface area (Å²) in [4.78, 5) is 0. The molecule has 0 heterocycles. The first-order valence-corrected chi connectivity index (χ1v) is 9.51. The normalized spacial score (nSPS) is 7.91. The van der Waals surface area contributed by atoms with Gasteiger partial charge in [-0.15, -0.1) is 0 Å². The van der Waals surface area contributed by atoms with Gasteiger partial charge in [0.2, 0.25) is 0 Å². The minimum atomic E-state index is 0.535. The van der Waals surface area contributed by atoms with E-state index in [0.717, 1.165) is 6.42 Å². The molecule has 132 valence electrons. The standard InChI is InChI=1S/C15H16.4C2H6/c1-2-15(13-9-5-3-6-10-13)14-11-7-4-8-12-14;4*1-2/h3-12,15H,2H2,1H3;4*1-2H3. The van der Waals surface area contributed by atoms with Crippen LogP contribution in [0.25, 0.3) is 0 Å². The lowest BCUT2D eigenvalue weighted by atomic mass is 9.89. The van der Waals surface area contributed by atoms with Crippen molar-refractivity contribution in [3.8, 4) is 0 Å². The fourth-order valence-electron chi connectivity index (χ4n) is 2.03. The van der Waals surface area contributed by atoms with E-state index in [2.05, 4.69) is 67.6 Å². The number of hydrogen-bond acceptors (Lipinski definition) is 0. The van der Waals surface area contributed by atoms with Crippen molar-refractivity contribution in [2.24, 2.45) is 0 Å². The lowest BCUT2D eigenvalue weighted by Crippen LogP contribution is -1.98. The van der Waals surface area contributed by atoms with Crippen LogP contribution in [0, 0.1) is 0 Å². The van der Waals surface area contributed by atoms with Crippen LogP contribution in [0.15, 0.2) is 60.7 Å². The average molecular weight is 317 g/mol. The first-order chi connectivity index (χ1) is 11.4. The molecule has 0 radical (unpaired) electrons. The van der Waals surface area contributed by atoms with E-state index in [1.807, 2.05) is 55.4 Å². The van der Waals surface area contributed by atoms with Crippen LogP contribution < -0.4 is 0 Å². The van der Waals surface area contributed by atoms with Crippen LogP contribution in [0.3, 0.4) is 0 Å². The van der Waals surface area contributed by atoms with Crippen LogP contribution >= 0.6 is 0 Å². The minimum absolute atomic E-state index is 0.535. The lowest BCUT2D eigenvalue weighted by molar-refractivity contribution is 0.777. The molecule has 0 atom stereocenters. The van der Waals surface area contributed by atoms with Crippen molar-refractivity contribution < 1.29 is 0 Å². The summed E-state index contributed by atoms with van der Waals surface area (Å²) in [7, 11) is 0. The fourth-order valence-corrected chi connectivity index (χ4v) is 2.03. The summed E-state index contributed by atoms with van der Waals surface area (Å²) in [6.45, 7) is 18.2. The molecular formula is C23H40. The van der Waals surface area contributed by atoms with Crippen LogP contribution in [0.4, 0.5) is 0 Å². The highest BCUT2D eigenvalue weighted by Gasteiger charge is 2.10. The highest BCUT2D eigenvalue weighted by atomic mass is 14.1. The molecule has 23 heavy (non-hydrogen) atoms. The Morgan fingerprint density at radius 3 is 1.00 bits per heavy atom. The SMILES string of the molecule is CC.CC.CC.CC.CCC(c1ccccc1)c1ccccc1. The van der Waals surface area contributed by atoms with E-state index in [4.69, 9.17) is 0 Å². The van der Waals surface area contributed by atoms with Gasteiger partial charge in [0.05, 0.1) is 0 Å². The van der Waals surface area contributed by atoms with Crippen molar-refractivity contribution in [2.75, 3.05) is 0 Å². The van der Waals surface area contributed by atoms with Gasteiger partial charge in [-0.1, -0.05) is 123 Å². The topological polar surface area (TPSA) is 0 Å². The van der Waals surface area contributed by atoms with Crippen molar-refractivity contribution in [2.45, 2.75) is 74.7 Å². The van der Waals surface area contributed by atoms with E-state index in [0.29, 0.717) is 5.92 Å². The second kappa shape index (κ2) is 22.7. The summed E-state index contributed by atoms with van der Waals surface area (Å²) < 4.78 is 0. The Hall–Kier alpha value is -1.56. The van der Waals surface area contributed by atoms with Crippen molar-refractivity contribution in [3.63, 3.8) is 0 Å². The van der Waals surface area contributed by atoms with Gasteiger partial charge in [0.15, 0.2) is 0 Å². The number of benzene rings is 2. The summed E-state index contributed by atoms with van der Waals surface area (Å²) in [5.74, 6) is 0.535. The van der Waals surface area contributed by atoms with E-state index >= 15 is 0 Å². The third-order valence-corrected chi connectivity index (χ3v) is 2.81. The molecule has 0 spiro atoms. The summed E-state index contributed by atoms with van der Waals surface area (Å²) in [5.41, 5.74) is 2.82. The molecule has 0 aliphatic carbocycles. The molecule has 0 fully saturated rings. The maximum atomic E-state index is 2.24. The maximum Gasteiger partial charge on any atom is 0.00867 e. The van der Waals surface area contributed by atoms with Gasteiger partial charge in [-0.3, -0.25) is 0 Å². The minimum Gasteiger partial charge on any atom is -0.0683 e. The van der Waals surface area contributed by atoms with Crippen LogP contribution in [-0.4, -0.2) is 0 Å². The molecule has 0 bridgehead atoms. The Labute approximate surface area is 147 Å². The highest BCUT2D eigenvalue weighted by molar-refractivity contribution is 5.31. The van der Waals surface area contributed by atoms with Gasteiger partial charge in [-0.25, -0.2) is 0 Å². The van der Waals surface area contributed by atoms with E-state index in [1.165, 1.54) is 11.1 Å². The molecule has 2 aromatic rings. The van der Waals surface area contributed by atoms with Crippen LogP contribution in [0.5, 0.6) is 0 Å². The molecule has 0 amide bonds. The predicted octanol–water partition coefficient (Wildman–Crippen LogP) is 8.33. The van der Waals surface area contributed by atoms with Gasteiger partial charge in [-0.2, -0.15) is 0 Å². The predicted molar refractivity (Wildman–Crippen MR) is 110 cm³/mol. The second-order valence-electron chi connectivity index (χ2n) is 3.78. The summed E-state index contributed by atoms with van der Waals surface area (Å²) in [6, 6.07) is 21.4. The summed E-state index contributed by atoms with van der Waals surface area (Å²) in [5, 5.41) is 0. The van der Waals surface area contributed by atoms with Gasteiger partial charge >= 0.3 is 0 Å². The van der Waals surface area contributed by atoms with Crippen molar-refractivity contribution in [3.05, 3.63) is 71.8 Å². The van der Waals surface area contributed by atoms with E-state index in [-0.39, 0.29) is 0 Å². The van der Waals surface area contributed by atoms with Gasteiger partial charge < -0.3 is 0 Å². The third-order valence-electron chi connectivity index (χ3n) is 2.81. The van der Waals surface area contributed by atoms with Gasteiger partial charge in [0, 0.05) is 5.92 Å². The maximum absolute atomic E-state index is 2.24. The quantitative estimate of drug-likeness (QED) is 0.533. The first kappa shape index (κ1) is 26.3. The molecule has 0 N–H and O–H groups in total. The summed E-state index contributed by atoms with van der Waals surface area (Å²) in [6.07, 6.45) is 1.15. The zero-order valence-electron chi connectivity index (χ0n) is 17.1. The Morgan fingerprint density at radius 1 is 0.522 bits per heavy atom. The van der Waals surface area contributed by atoms with Crippen LogP contribution in [-0.2, 0) is 0 Å². The molecular weight excluding hydrogens is 276 g/mol. The van der Waals surface area contributed by atoms with Gasteiger partial charge in [0.1, 0.15) is 0 Å². The number of hydrogen-bond donors (Lipinski definition) is 0. The smallest absolute Gasteiger partial charge is 0.00867 e. The van der Waals surface area contributed by atoms with Crippen molar-refractivity contribution in [1.29, 1.82) is 0 Å². The average Bonchev–Trinajstić information content (AvgIpc) is 2.70. The molecule has 0 nitrogen and oxygen atoms in total. The monoisotopic (exact) mass is 316 g/mol. The molecule has 2 aromatic carbocycles. The molecule has 2 rings (SSSR count). The largest absolute Gasteiger partial charge is 0.0683 e. The Balaban J connectivity index is -0.000000438. The number of rotatable bonds is 3.